The second kappa shape index (κ2) is 4.03. The molecule has 1 aromatic rings. The van der Waals surface area contributed by atoms with Crippen LogP contribution in [0.5, 0.6) is 5.75 Å². The molecule has 3 saturated carbocycles. The fourth-order valence-electron chi connectivity index (χ4n) is 4.26. The summed E-state index contributed by atoms with van der Waals surface area (Å²) >= 11 is 0. The minimum absolute atomic E-state index is 0.119. The molecule has 0 aliphatic heterocycles. The lowest BCUT2D eigenvalue weighted by atomic mass is 9.62. The van der Waals surface area contributed by atoms with Gasteiger partial charge in [0.2, 0.25) is 0 Å². The van der Waals surface area contributed by atoms with Crippen molar-refractivity contribution in [3.05, 3.63) is 29.6 Å². The highest BCUT2D eigenvalue weighted by atomic mass is 19.1. The lowest BCUT2D eigenvalue weighted by Gasteiger charge is -2.45. The van der Waals surface area contributed by atoms with Gasteiger partial charge in [-0.2, -0.15) is 0 Å². The summed E-state index contributed by atoms with van der Waals surface area (Å²) in [5.74, 6) is 0.368. The van der Waals surface area contributed by atoms with Crippen molar-refractivity contribution in [2.24, 2.45) is 17.3 Å². The van der Waals surface area contributed by atoms with Crippen LogP contribution in [0.1, 0.15) is 36.0 Å². The molecule has 2 nitrogen and oxygen atoms in total. The minimum atomic E-state index is -0.991. The summed E-state index contributed by atoms with van der Waals surface area (Å²) in [6.45, 7) is 0. The highest BCUT2D eigenvalue weighted by Crippen LogP contribution is 2.74. The van der Waals surface area contributed by atoms with E-state index >= 15 is 0 Å². The Bertz CT molecular complexity index is 574. The molecule has 0 heterocycles. The first kappa shape index (κ1) is 12.3. The average Bonchev–Trinajstić information content (AvgIpc) is 3.19. The molecule has 4 heteroatoms. The Kier molecular flexibility index (Phi) is 2.48. The summed E-state index contributed by atoms with van der Waals surface area (Å²) < 4.78 is 33.4. The standard InChI is InChI=1S/C16H16F2O2/c17-11-2-1-9(8-19)13(6-11)20-14-5-10-3-4-16(10)7-12(16)15(14)18/h1-2,6,8,10,12,14-15H,3-5,7H2/t10?,12-,14+,15?,16+/m1/s1. The fourth-order valence-corrected chi connectivity index (χ4v) is 4.26. The Morgan fingerprint density at radius 1 is 1.40 bits per heavy atom. The maximum atomic E-state index is 14.5. The molecule has 3 aliphatic carbocycles. The first-order valence-corrected chi connectivity index (χ1v) is 7.19. The largest absolute Gasteiger partial charge is 0.487 e. The van der Waals surface area contributed by atoms with Crippen LogP contribution in [0.3, 0.4) is 0 Å². The van der Waals surface area contributed by atoms with E-state index in [1.54, 1.807) is 0 Å². The van der Waals surface area contributed by atoms with Crippen molar-refractivity contribution in [3.63, 3.8) is 0 Å². The average molecular weight is 278 g/mol. The molecule has 0 bridgehead atoms. The second-order valence-electron chi connectivity index (χ2n) is 6.42. The van der Waals surface area contributed by atoms with Crippen molar-refractivity contribution >= 4 is 6.29 Å². The van der Waals surface area contributed by atoms with E-state index < -0.39 is 18.1 Å². The van der Waals surface area contributed by atoms with Crippen LogP contribution in [-0.4, -0.2) is 18.6 Å². The first-order chi connectivity index (χ1) is 9.64. The number of carbonyl (C=O) groups excluding carboxylic acids is 1. The summed E-state index contributed by atoms with van der Waals surface area (Å²) in [7, 11) is 0. The van der Waals surface area contributed by atoms with E-state index in [1.165, 1.54) is 18.2 Å². The molecule has 1 spiro atoms. The first-order valence-electron chi connectivity index (χ1n) is 7.19. The molecule has 2 unspecified atom stereocenters. The summed E-state index contributed by atoms with van der Waals surface area (Å²) in [4.78, 5) is 11.0. The van der Waals surface area contributed by atoms with Crippen molar-refractivity contribution < 1.29 is 18.3 Å². The molecule has 0 amide bonds. The number of hydrogen-bond acceptors (Lipinski definition) is 2. The van der Waals surface area contributed by atoms with Gasteiger partial charge in [0.25, 0.3) is 0 Å². The van der Waals surface area contributed by atoms with Crippen LogP contribution in [0.4, 0.5) is 8.78 Å². The number of ether oxygens (including phenoxy) is 1. The second-order valence-corrected chi connectivity index (χ2v) is 6.42. The molecule has 0 N–H and O–H groups in total. The van der Waals surface area contributed by atoms with E-state index in [1.807, 2.05) is 0 Å². The lowest BCUT2D eigenvalue weighted by molar-refractivity contribution is -0.0350. The zero-order chi connectivity index (χ0) is 13.9. The molecule has 3 fully saturated rings. The molecular weight excluding hydrogens is 262 g/mol. The highest BCUT2D eigenvalue weighted by molar-refractivity contribution is 5.79. The molecule has 0 saturated heterocycles. The van der Waals surface area contributed by atoms with E-state index in [0.717, 1.165) is 19.3 Å². The highest BCUT2D eigenvalue weighted by Gasteiger charge is 2.70. The molecule has 0 radical (unpaired) electrons. The van der Waals surface area contributed by atoms with Crippen LogP contribution in [0.2, 0.25) is 0 Å². The predicted molar refractivity (Wildman–Crippen MR) is 69.0 cm³/mol. The van der Waals surface area contributed by atoms with E-state index in [0.29, 0.717) is 18.6 Å². The molecule has 1 aromatic carbocycles. The third-order valence-corrected chi connectivity index (χ3v) is 5.59. The van der Waals surface area contributed by atoms with Crippen LogP contribution >= 0.6 is 0 Å². The predicted octanol–water partition coefficient (Wildman–Crippen LogP) is 3.54. The maximum Gasteiger partial charge on any atom is 0.153 e. The van der Waals surface area contributed by atoms with Crippen LogP contribution in [-0.2, 0) is 0 Å². The molecule has 5 atom stereocenters. The van der Waals surface area contributed by atoms with Gasteiger partial charge in [-0.05, 0) is 49.1 Å². The number of benzene rings is 1. The summed E-state index contributed by atoms with van der Waals surface area (Å²) in [5.41, 5.74) is 0.550. The van der Waals surface area contributed by atoms with E-state index in [4.69, 9.17) is 4.74 Å². The molecule has 20 heavy (non-hydrogen) atoms. The van der Waals surface area contributed by atoms with Gasteiger partial charge in [-0.3, -0.25) is 4.79 Å². The smallest absolute Gasteiger partial charge is 0.153 e. The van der Waals surface area contributed by atoms with Crippen LogP contribution in [0, 0.1) is 23.1 Å². The number of aldehydes is 1. The van der Waals surface area contributed by atoms with Crippen LogP contribution < -0.4 is 4.74 Å². The van der Waals surface area contributed by atoms with Gasteiger partial charge < -0.3 is 4.74 Å². The van der Waals surface area contributed by atoms with Crippen molar-refractivity contribution in [3.8, 4) is 5.75 Å². The molecule has 4 rings (SSSR count). The van der Waals surface area contributed by atoms with Gasteiger partial charge in [0.15, 0.2) is 6.29 Å². The summed E-state index contributed by atoms with van der Waals surface area (Å²) in [6.07, 6.45) is 3.04. The Morgan fingerprint density at radius 2 is 2.25 bits per heavy atom. The van der Waals surface area contributed by atoms with Gasteiger partial charge in [-0.15, -0.1) is 0 Å². The third-order valence-electron chi connectivity index (χ3n) is 5.59. The monoisotopic (exact) mass is 278 g/mol. The Morgan fingerprint density at radius 3 is 2.95 bits per heavy atom. The zero-order valence-corrected chi connectivity index (χ0v) is 11.0. The maximum absolute atomic E-state index is 14.5. The topological polar surface area (TPSA) is 26.3 Å². The number of halogens is 2. The normalized spacial score (nSPS) is 41.1. The van der Waals surface area contributed by atoms with Gasteiger partial charge in [0.1, 0.15) is 23.8 Å². The summed E-state index contributed by atoms with van der Waals surface area (Å²) in [6, 6.07) is 3.76. The van der Waals surface area contributed by atoms with E-state index in [-0.39, 0.29) is 22.6 Å². The van der Waals surface area contributed by atoms with Crippen molar-refractivity contribution in [1.82, 2.24) is 0 Å². The molecule has 106 valence electrons. The number of alkyl halides is 1. The Hall–Kier alpha value is -1.45. The quantitative estimate of drug-likeness (QED) is 0.790. The van der Waals surface area contributed by atoms with Crippen LogP contribution in [0.25, 0.3) is 0 Å². The molecule has 0 aromatic heterocycles. The van der Waals surface area contributed by atoms with Crippen molar-refractivity contribution in [1.29, 1.82) is 0 Å². The number of rotatable bonds is 3. The van der Waals surface area contributed by atoms with Gasteiger partial charge in [-0.25, -0.2) is 8.78 Å². The Balaban J connectivity index is 1.57. The SMILES string of the molecule is O=Cc1ccc(F)cc1O[C@H]1CC2CC[C@]23C[C@@H]3C1F. The number of carbonyl (C=O) groups is 1. The minimum Gasteiger partial charge on any atom is -0.487 e. The Labute approximate surface area is 116 Å². The van der Waals surface area contributed by atoms with Gasteiger partial charge in [-0.1, -0.05) is 0 Å². The van der Waals surface area contributed by atoms with Crippen molar-refractivity contribution in [2.75, 3.05) is 0 Å². The molecular formula is C16H16F2O2. The van der Waals surface area contributed by atoms with Gasteiger partial charge in [0.05, 0.1) is 5.56 Å². The van der Waals surface area contributed by atoms with Gasteiger partial charge >= 0.3 is 0 Å². The van der Waals surface area contributed by atoms with E-state index in [2.05, 4.69) is 0 Å². The van der Waals surface area contributed by atoms with Crippen molar-refractivity contribution in [2.45, 2.75) is 38.0 Å². The third kappa shape index (κ3) is 1.57. The molecule has 3 aliphatic rings. The zero-order valence-electron chi connectivity index (χ0n) is 11.0. The summed E-state index contributed by atoms with van der Waals surface area (Å²) in [5, 5.41) is 0. The number of hydrogen-bond donors (Lipinski definition) is 0. The van der Waals surface area contributed by atoms with Gasteiger partial charge in [0, 0.05) is 12.0 Å². The fraction of sp³-hybridized carbons (Fsp3) is 0.562. The van der Waals surface area contributed by atoms with E-state index in [9.17, 15) is 13.6 Å². The lowest BCUT2D eigenvalue weighted by Crippen LogP contribution is -2.46. The van der Waals surface area contributed by atoms with Crippen LogP contribution in [0.15, 0.2) is 18.2 Å².